The van der Waals surface area contributed by atoms with Crippen molar-refractivity contribution in [1.82, 2.24) is 19.5 Å². The van der Waals surface area contributed by atoms with E-state index in [9.17, 15) is 5.11 Å². The summed E-state index contributed by atoms with van der Waals surface area (Å²) < 4.78 is 12.5. The van der Waals surface area contributed by atoms with Crippen molar-refractivity contribution in [2.45, 2.75) is 25.4 Å². The van der Waals surface area contributed by atoms with Crippen LogP contribution in [0, 0.1) is 19.5 Å². The van der Waals surface area contributed by atoms with Crippen LogP contribution >= 0.6 is 0 Å². The molecule has 3 atom stereocenters. The predicted octanol–water partition coefficient (Wildman–Crippen LogP) is 1.74. The van der Waals surface area contributed by atoms with Crippen LogP contribution in [0.2, 0.25) is 0 Å². The van der Waals surface area contributed by atoms with Crippen molar-refractivity contribution >= 4 is 22.7 Å². The van der Waals surface area contributed by atoms with Crippen LogP contribution in [0.1, 0.15) is 11.8 Å². The maximum atomic E-state index is 10.0. The lowest BCUT2D eigenvalue weighted by molar-refractivity contribution is -0.0163. The average molecular weight is 351 g/mol. The summed E-state index contributed by atoms with van der Waals surface area (Å²) in [5, 5.41) is 13.3. The van der Waals surface area contributed by atoms with Crippen molar-refractivity contribution in [1.29, 1.82) is 0 Å². The molecule has 2 aromatic heterocycles. The number of rotatable bonds is 4. The number of terminal acetylenes is 1. The van der Waals surface area contributed by atoms with Gasteiger partial charge in [-0.1, -0.05) is 24.6 Å². The van der Waals surface area contributed by atoms with Crippen molar-refractivity contribution in [3.8, 4) is 12.5 Å². The molecule has 4 rings (SSSR count). The number of aromatic nitrogens is 4. The molecule has 1 aliphatic heterocycles. The zero-order valence-electron chi connectivity index (χ0n) is 14.0. The highest BCUT2D eigenvalue weighted by molar-refractivity contribution is 5.85. The fraction of sp³-hybridized carbons (Fsp3) is 0.278. The molecule has 0 saturated carbocycles. The molecule has 0 radical (unpaired) electrons. The summed E-state index contributed by atoms with van der Waals surface area (Å²) in [5.41, 5.74) is 3.16. The van der Waals surface area contributed by atoms with Gasteiger partial charge in [0.05, 0.1) is 12.9 Å². The molecule has 1 aromatic carbocycles. The predicted molar refractivity (Wildman–Crippen MR) is 94.5 cm³/mol. The number of hydrogen-bond acceptors (Lipinski definition) is 7. The Morgan fingerprint density at radius 3 is 3.00 bits per heavy atom. The van der Waals surface area contributed by atoms with E-state index in [1.807, 2.05) is 31.2 Å². The zero-order chi connectivity index (χ0) is 18.1. The van der Waals surface area contributed by atoms with E-state index in [4.69, 9.17) is 15.9 Å². The number of nitrogens with zero attached hydrogens (tertiary/aromatic N) is 4. The van der Waals surface area contributed by atoms with Gasteiger partial charge in [0.1, 0.15) is 18.5 Å². The van der Waals surface area contributed by atoms with Gasteiger partial charge < -0.3 is 19.9 Å². The van der Waals surface area contributed by atoms with E-state index < -0.39 is 18.4 Å². The molecule has 0 spiro atoms. The molecule has 0 bridgehead atoms. The van der Waals surface area contributed by atoms with Gasteiger partial charge in [0.15, 0.2) is 29.3 Å². The van der Waals surface area contributed by atoms with E-state index in [0.717, 1.165) is 11.3 Å². The van der Waals surface area contributed by atoms with Crippen LogP contribution in [0.4, 0.5) is 11.5 Å². The van der Waals surface area contributed by atoms with Gasteiger partial charge >= 0.3 is 0 Å². The molecule has 132 valence electrons. The molecule has 8 nitrogen and oxygen atoms in total. The second-order valence-electron chi connectivity index (χ2n) is 5.98. The van der Waals surface area contributed by atoms with Crippen LogP contribution in [0.5, 0.6) is 0 Å². The van der Waals surface area contributed by atoms with Crippen LogP contribution in [0.3, 0.4) is 0 Å². The molecule has 1 aliphatic rings. The summed E-state index contributed by atoms with van der Waals surface area (Å²) in [4.78, 5) is 13.0. The standard InChI is InChI=1S/C18H17N5O3/c1-3-25-15-13(24)8-26-18(15)23-10-21-14-16(19-9-20-17(14)23)22-12-7-5-4-6-11(12)2/h1,4-7,9-10,13,15,18,24H,8H2,2H3,(H,19,20,22). The summed E-state index contributed by atoms with van der Waals surface area (Å²) in [6.07, 6.45) is 8.23. The maximum absolute atomic E-state index is 10.0. The summed E-state index contributed by atoms with van der Waals surface area (Å²) >= 11 is 0. The van der Waals surface area contributed by atoms with E-state index in [-0.39, 0.29) is 6.61 Å². The van der Waals surface area contributed by atoms with E-state index in [2.05, 4.69) is 26.4 Å². The SMILES string of the molecule is C#COC1C(O)COC1n1cnc2c(Nc3ccccc3C)ncnc21. The number of aliphatic hydroxyl groups is 1. The zero-order valence-corrected chi connectivity index (χ0v) is 14.0. The molecule has 2 N–H and O–H groups in total. The van der Waals surface area contributed by atoms with Crippen molar-refractivity contribution < 1.29 is 14.6 Å². The molecular formula is C18H17N5O3. The van der Waals surface area contributed by atoms with Gasteiger partial charge in [0, 0.05) is 5.69 Å². The van der Waals surface area contributed by atoms with Gasteiger partial charge in [-0.25, -0.2) is 15.0 Å². The van der Waals surface area contributed by atoms with Gasteiger partial charge in [-0.2, -0.15) is 0 Å². The van der Waals surface area contributed by atoms with Crippen LogP contribution in [-0.4, -0.2) is 43.4 Å². The second kappa shape index (κ2) is 6.63. The van der Waals surface area contributed by atoms with Crippen LogP contribution in [0.25, 0.3) is 11.2 Å². The Balaban J connectivity index is 1.72. The molecule has 3 heterocycles. The van der Waals surface area contributed by atoms with E-state index in [1.165, 1.54) is 6.33 Å². The fourth-order valence-electron chi connectivity index (χ4n) is 3.00. The number of imidazole rings is 1. The number of fused-ring (bicyclic) bond motifs is 1. The van der Waals surface area contributed by atoms with Crippen molar-refractivity contribution in [3.05, 3.63) is 42.5 Å². The monoisotopic (exact) mass is 351 g/mol. The number of nitrogens with one attached hydrogen (secondary N) is 1. The normalized spacial score (nSPS) is 22.3. The Morgan fingerprint density at radius 1 is 1.35 bits per heavy atom. The highest BCUT2D eigenvalue weighted by Crippen LogP contribution is 2.31. The van der Waals surface area contributed by atoms with Gasteiger partial charge in [-0.3, -0.25) is 4.57 Å². The van der Waals surface area contributed by atoms with Crippen molar-refractivity contribution in [2.24, 2.45) is 0 Å². The third kappa shape index (κ3) is 2.73. The first-order chi connectivity index (χ1) is 12.7. The highest BCUT2D eigenvalue weighted by atomic mass is 16.6. The first kappa shape index (κ1) is 16.3. The Kier molecular flexibility index (Phi) is 4.16. The number of benzene rings is 1. The smallest absolute Gasteiger partial charge is 0.183 e. The second-order valence-corrected chi connectivity index (χ2v) is 5.98. The first-order valence-corrected chi connectivity index (χ1v) is 8.10. The molecule has 26 heavy (non-hydrogen) atoms. The Hall–Kier alpha value is -3.15. The summed E-state index contributed by atoms with van der Waals surface area (Å²) in [6, 6.07) is 7.89. The largest absolute Gasteiger partial charge is 0.436 e. The quantitative estimate of drug-likeness (QED) is 0.692. The van der Waals surface area contributed by atoms with E-state index in [0.29, 0.717) is 17.0 Å². The number of ether oxygens (including phenoxy) is 2. The number of anilines is 2. The van der Waals surface area contributed by atoms with Crippen molar-refractivity contribution in [3.63, 3.8) is 0 Å². The first-order valence-electron chi connectivity index (χ1n) is 8.10. The third-order valence-corrected chi connectivity index (χ3v) is 4.33. The fourth-order valence-corrected chi connectivity index (χ4v) is 3.00. The Bertz CT molecular complexity index is 980. The number of hydrogen-bond donors (Lipinski definition) is 2. The van der Waals surface area contributed by atoms with Crippen LogP contribution in [0.15, 0.2) is 36.9 Å². The van der Waals surface area contributed by atoms with Crippen LogP contribution < -0.4 is 5.32 Å². The van der Waals surface area contributed by atoms with E-state index in [1.54, 1.807) is 10.9 Å². The molecule has 0 amide bonds. The molecular weight excluding hydrogens is 334 g/mol. The van der Waals surface area contributed by atoms with Crippen molar-refractivity contribution in [2.75, 3.05) is 11.9 Å². The minimum atomic E-state index is -0.820. The Morgan fingerprint density at radius 2 is 2.19 bits per heavy atom. The van der Waals surface area contributed by atoms with Gasteiger partial charge in [0.25, 0.3) is 0 Å². The number of aliphatic hydroxyl groups excluding tert-OH is 1. The van der Waals surface area contributed by atoms with Crippen LogP contribution in [-0.2, 0) is 9.47 Å². The lowest BCUT2D eigenvalue weighted by Crippen LogP contribution is -2.30. The third-order valence-electron chi connectivity index (χ3n) is 4.33. The number of para-hydroxylation sites is 1. The lowest BCUT2D eigenvalue weighted by Gasteiger charge is -2.19. The summed E-state index contributed by atoms with van der Waals surface area (Å²) in [5.74, 6) is 0.580. The van der Waals surface area contributed by atoms with E-state index >= 15 is 0 Å². The van der Waals surface area contributed by atoms with Gasteiger partial charge in [-0.05, 0) is 18.6 Å². The molecule has 3 aromatic rings. The summed E-state index contributed by atoms with van der Waals surface area (Å²) in [6.45, 7) is 2.13. The Labute approximate surface area is 149 Å². The van der Waals surface area contributed by atoms with Gasteiger partial charge in [0.2, 0.25) is 0 Å². The minimum Gasteiger partial charge on any atom is -0.436 e. The highest BCUT2D eigenvalue weighted by Gasteiger charge is 2.40. The van der Waals surface area contributed by atoms with Gasteiger partial charge in [-0.15, -0.1) is 0 Å². The maximum Gasteiger partial charge on any atom is 0.183 e. The molecule has 1 saturated heterocycles. The molecule has 8 heteroatoms. The lowest BCUT2D eigenvalue weighted by atomic mass is 10.2. The average Bonchev–Trinajstić information content (AvgIpc) is 3.22. The number of aryl methyl sites for hydroxylation is 1. The summed E-state index contributed by atoms with van der Waals surface area (Å²) in [7, 11) is 0. The molecule has 0 aliphatic carbocycles. The minimum absolute atomic E-state index is 0.121. The topological polar surface area (TPSA) is 94.3 Å². The molecule has 3 unspecified atom stereocenters. The molecule has 1 fully saturated rings.